The number of methoxy groups -OCH3 is 1. The van der Waals surface area contributed by atoms with E-state index in [1.54, 1.807) is 6.07 Å². The summed E-state index contributed by atoms with van der Waals surface area (Å²) in [5.41, 5.74) is 0.256. The van der Waals surface area contributed by atoms with Gasteiger partial charge in [0.1, 0.15) is 5.52 Å². The van der Waals surface area contributed by atoms with Gasteiger partial charge in [-0.3, -0.25) is 4.79 Å². The number of carbonyl (C=O) groups is 2. The molecule has 1 unspecified atom stereocenters. The minimum absolute atomic E-state index is 0.0382. The fourth-order valence-electron chi connectivity index (χ4n) is 6.26. The van der Waals surface area contributed by atoms with Crippen LogP contribution in [0.5, 0.6) is 0 Å². The zero-order valence-corrected chi connectivity index (χ0v) is 23.3. The molecule has 0 spiro atoms. The number of likely N-dealkylation sites (tertiary alicyclic amines) is 1. The van der Waals surface area contributed by atoms with Crippen LogP contribution < -0.4 is 0 Å². The average Bonchev–Trinajstić information content (AvgIpc) is 3.74. The molecular weight excluding hydrogens is 532 g/mol. The van der Waals surface area contributed by atoms with E-state index in [1.165, 1.54) is 18.1 Å². The van der Waals surface area contributed by atoms with Gasteiger partial charge < -0.3 is 18.5 Å². The van der Waals surface area contributed by atoms with Crippen molar-refractivity contribution in [2.75, 3.05) is 20.2 Å². The van der Waals surface area contributed by atoms with Gasteiger partial charge in [0.25, 0.3) is 0 Å². The predicted octanol–water partition coefficient (Wildman–Crippen LogP) is 5.85. The highest BCUT2D eigenvalue weighted by atomic mass is 19.2. The lowest BCUT2D eigenvalue weighted by molar-refractivity contribution is -0.281. The number of benzene rings is 2. The molecule has 1 saturated carbocycles. The number of nitrogens with zero attached hydrogens (tertiary/aromatic N) is 3. The van der Waals surface area contributed by atoms with E-state index in [-0.39, 0.29) is 48.5 Å². The van der Waals surface area contributed by atoms with E-state index in [0.717, 1.165) is 17.3 Å². The fourth-order valence-corrected chi connectivity index (χ4v) is 6.26. The zero-order chi connectivity index (χ0) is 28.8. The molecule has 2 aliphatic rings. The molecule has 3 heterocycles. The highest BCUT2D eigenvalue weighted by Gasteiger charge is 2.55. The third-order valence-electron chi connectivity index (χ3n) is 8.46. The van der Waals surface area contributed by atoms with Crippen LogP contribution in [0.1, 0.15) is 50.5 Å². The topological polar surface area (TPSA) is 86.8 Å². The average molecular weight is 566 g/mol. The number of alkyl halides is 1. The third kappa shape index (κ3) is 4.72. The monoisotopic (exact) mass is 565 g/mol. The van der Waals surface area contributed by atoms with Gasteiger partial charge in [0.15, 0.2) is 17.0 Å². The van der Waals surface area contributed by atoms with E-state index in [0.29, 0.717) is 31.2 Å². The Kier molecular flexibility index (Phi) is 7.15. The molecule has 41 heavy (non-hydrogen) atoms. The standard InChI is InChI=1S/C31H33F2N3O5/c1-35-19-22(21-10-4-5-11-24(21)35)28-34-23-13-12-20(26(32)27(23)40-28)18-25(37)31(33,36-16-8-9-17-36)41-30(29(38)39-2)14-6-3-7-15-30/h4-5,10-13,19H,3,6-9,14-18H2,1-2H3. The van der Waals surface area contributed by atoms with E-state index in [1.807, 2.05) is 42.1 Å². The largest absolute Gasteiger partial charge is 0.467 e. The Morgan fingerprint density at radius 3 is 2.54 bits per heavy atom. The van der Waals surface area contributed by atoms with Crippen molar-refractivity contribution in [1.82, 2.24) is 14.5 Å². The van der Waals surface area contributed by atoms with Gasteiger partial charge in [0.2, 0.25) is 11.7 Å². The van der Waals surface area contributed by atoms with E-state index in [4.69, 9.17) is 13.9 Å². The van der Waals surface area contributed by atoms with Crippen molar-refractivity contribution in [2.24, 2.45) is 7.05 Å². The Hall–Kier alpha value is -3.63. The molecule has 0 amide bonds. The summed E-state index contributed by atoms with van der Waals surface area (Å²) in [5, 5.41) is 0.907. The predicted molar refractivity (Wildman–Crippen MR) is 148 cm³/mol. The van der Waals surface area contributed by atoms with Crippen LogP contribution in [0.4, 0.5) is 8.78 Å². The molecule has 2 aromatic heterocycles. The molecule has 1 atom stereocenters. The Balaban J connectivity index is 1.33. The number of esters is 1. The molecule has 0 radical (unpaired) electrons. The van der Waals surface area contributed by atoms with Crippen molar-refractivity contribution >= 4 is 33.8 Å². The van der Waals surface area contributed by atoms with Crippen LogP contribution in [0.2, 0.25) is 0 Å². The van der Waals surface area contributed by atoms with Crippen LogP contribution in [-0.4, -0.2) is 58.0 Å². The van der Waals surface area contributed by atoms with Gasteiger partial charge in [-0.15, -0.1) is 0 Å². The number of carbonyl (C=O) groups excluding carboxylic acids is 2. The second-order valence-electron chi connectivity index (χ2n) is 11.1. The maximum absolute atomic E-state index is 16.9. The Morgan fingerprint density at radius 2 is 1.80 bits per heavy atom. The van der Waals surface area contributed by atoms with E-state index in [9.17, 15) is 9.59 Å². The smallest absolute Gasteiger partial charge is 0.338 e. The van der Waals surface area contributed by atoms with Crippen molar-refractivity contribution in [3.8, 4) is 11.5 Å². The highest BCUT2D eigenvalue weighted by Crippen LogP contribution is 2.40. The van der Waals surface area contributed by atoms with Gasteiger partial charge in [-0.25, -0.2) is 19.1 Å². The van der Waals surface area contributed by atoms with E-state index in [2.05, 4.69) is 4.98 Å². The van der Waals surface area contributed by atoms with Crippen LogP contribution in [0.25, 0.3) is 33.5 Å². The van der Waals surface area contributed by atoms with E-state index >= 15 is 8.78 Å². The number of halogens is 2. The molecule has 2 aromatic carbocycles. The maximum atomic E-state index is 16.9. The lowest BCUT2D eigenvalue weighted by Crippen LogP contribution is -2.60. The quantitative estimate of drug-likeness (QED) is 0.196. The first kappa shape index (κ1) is 27.5. The van der Waals surface area contributed by atoms with Gasteiger partial charge in [0.05, 0.1) is 12.7 Å². The van der Waals surface area contributed by atoms with Crippen LogP contribution in [0.15, 0.2) is 47.0 Å². The van der Waals surface area contributed by atoms with Crippen molar-refractivity contribution in [3.05, 3.63) is 54.0 Å². The lowest BCUT2D eigenvalue weighted by Gasteiger charge is -2.42. The summed E-state index contributed by atoms with van der Waals surface area (Å²) in [6.45, 7) is 0.578. The molecule has 1 saturated heterocycles. The Bertz CT molecular complexity index is 1620. The minimum Gasteiger partial charge on any atom is -0.467 e. The minimum atomic E-state index is -2.90. The summed E-state index contributed by atoms with van der Waals surface area (Å²) < 4.78 is 51.5. The molecule has 2 fully saturated rings. The zero-order valence-electron chi connectivity index (χ0n) is 23.3. The fraction of sp³-hybridized carbons (Fsp3) is 0.452. The summed E-state index contributed by atoms with van der Waals surface area (Å²) in [5.74, 6) is -5.10. The molecule has 10 heteroatoms. The maximum Gasteiger partial charge on any atom is 0.338 e. The SMILES string of the molecule is COC(=O)C1(OC(F)(C(=O)Cc2ccc3nc(-c4cn(C)c5ccccc45)oc3c2F)N2CCCC2)CCCCC1. The second-order valence-corrected chi connectivity index (χ2v) is 11.1. The number of rotatable bonds is 8. The Labute approximate surface area is 236 Å². The third-order valence-corrected chi connectivity index (χ3v) is 8.46. The summed E-state index contributed by atoms with van der Waals surface area (Å²) in [6.07, 6.45) is 5.32. The van der Waals surface area contributed by atoms with Crippen LogP contribution >= 0.6 is 0 Å². The first-order valence-corrected chi connectivity index (χ1v) is 14.1. The van der Waals surface area contributed by atoms with Crippen LogP contribution in [0.3, 0.4) is 0 Å². The highest BCUT2D eigenvalue weighted by molar-refractivity contribution is 5.95. The molecule has 6 rings (SSSR count). The molecule has 4 aromatic rings. The number of Topliss-reactive ketones (excluding diaryl/α,β-unsaturated/α-hetero) is 1. The number of para-hydroxylation sites is 1. The van der Waals surface area contributed by atoms with Crippen LogP contribution in [-0.2, 0) is 32.5 Å². The molecule has 0 bridgehead atoms. The molecule has 8 nitrogen and oxygen atoms in total. The van der Waals surface area contributed by atoms with Crippen molar-refractivity contribution in [1.29, 1.82) is 0 Å². The first-order chi connectivity index (χ1) is 19.8. The number of hydrogen-bond donors (Lipinski definition) is 0. The summed E-state index contributed by atoms with van der Waals surface area (Å²) in [4.78, 5) is 32.4. The summed E-state index contributed by atoms with van der Waals surface area (Å²) in [7, 11) is 3.14. The van der Waals surface area contributed by atoms with Gasteiger partial charge in [-0.05, 0) is 56.2 Å². The normalized spacial score (nSPS) is 19.0. The number of ether oxygens (including phenoxy) is 2. The lowest BCUT2D eigenvalue weighted by atomic mass is 9.84. The number of aryl methyl sites for hydroxylation is 1. The van der Waals surface area contributed by atoms with Crippen molar-refractivity contribution in [2.45, 2.75) is 62.9 Å². The van der Waals surface area contributed by atoms with Gasteiger partial charge >= 0.3 is 11.9 Å². The number of oxazole rings is 1. The van der Waals surface area contributed by atoms with Crippen molar-refractivity contribution < 1.29 is 32.3 Å². The molecule has 0 N–H and O–H groups in total. The molecule has 216 valence electrons. The number of aromatic nitrogens is 2. The molecular formula is C31H33F2N3O5. The first-order valence-electron chi connectivity index (χ1n) is 14.1. The van der Waals surface area contributed by atoms with Crippen LogP contribution in [0, 0.1) is 5.82 Å². The number of ketones is 1. The summed E-state index contributed by atoms with van der Waals surface area (Å²) in [6, 6.07) is 10.7. The van der Waals surface area contributed by atoms with Gasteiger partial charge in [0, 0.05) is 43.7 Å². The molecule has 1 aliphatic carbocycles. The summed E-state index contributed by atoms with van der Waals surface area (Å²) >= 11 is 0. The number of fused-ring (bicyclic) bond motifs is 2. The van der Waals surface area contributed by atoms with Gasteiger partial charge in [-0.1, -0.05) is 30.7 Å². The second kappa shape index (κ2) is 10.6. The Morgan fingerprint density at radius 1 is 1.07 bits per heavy atom. The van der Waals surface area contributed by atoms with Gasteiger partial charge in [-0.2, -0.15) is 4.39 Å². The van der Waals surface area contributed by atoms with E-state index < -0.39 is 35.6 Å². The molecule has 1 aliphatic heterocycles. The van der Waals surface area contributed by atoms with Crippen molar-refractivity contribution in [3.63, 3.8) is 0 Å². The number of hydrogen-bond acceptors (Lipinski definition) is 7.